The lowest BCUT2D eigenvalue weighted by Gasteiger charge is -2.17. The lowest BCUT2D eigenvalue weighted by atomic mass is 10.1. The average molecular weight is 221 g/mol. The number of rotatable bonds is 4. The SMILES string of the molecule is CC1CCCC1NCCc1cccc(F)c1. The molecule has 2 heteroatoms. The Kier molecular flexibility index (Phi) is 3.94. The number of halogens is 1. The summed E-state index contributed by atoms with van der Waals surface area (Å²) in [5, 5.41) is 3.58. The first-order chi connectivity index (χ1) is 7.75. The van der Waals surface area contributed by atoms with E-state index in [-0.39, 0.29) is 5.82 Å². The molecular weight excluding hydrogens is 201 g/mol. The Bertz CT molecular complexity index is 337. The number of benzene rings is 1. The first-order valence-corrected chi connectivity index (χ1v) is 6.23. The van der Waals surface area contributed by atoms with E-state index in [4.69, 9.17) is 0 Å². The fourth-order valence-corrected chi connectivity index (χ4v) is 2.54. The minimum absolute atomic E-state index is 0.133. The van der Waals surface area contributed by atoms with E-state index < -0.39 is 0 Å². The summed E-state index contributed by atoms with van der Waals surface area (Å²) in [5.41, 5.74) is 1.08. The maximum atomic E-state index is 12.9. The Labute approximate surface area is 97.1 Å². The van der Waals surface area contributed by atoms with Crippen LogP contribution in [-0.4, -0.2) is 12.6 Å². The number of hydrogen-bond acceptors (Lipinski definition) is 1. The van der Waals surface area contributed by atoms with Crippen LogP contribution in [0.3, 0.4) is 0 Å². The van der Waals surface area contributed by atoms with Crippen molar-refractivity contribution >= 4 is 0 Å². The van der Waals surface area contributed by atoms with Gasteiger partial charge in [0.15, 0.2) is 0 Å². The van der Waals surface area contributed by atoms with E-state index in [0.29, 0.717) is 6.04 Å². The minimum Gasteiger partial charge on any atom is -0.313 e. The Morgan fingerprint density at radius 3 is 2.94 bits per heavy atom. The van der Waals surface area contributed by atoms with Crippen LogP contribution in [0.15, 0.2) is 24.3 Å². The van der Waals surface area contributed by atoms with Crippen molar-refractivity contribution < 1.29 is 4.39 Å². The van der Waals surface area contributed by atoms with Crippen LogP contribution in [0.1, 0.15) is 31.7 Å². The van der Waals surface area contributed by atoms with Gasteiger partial charge in [0.1, 0.15) is 5.82 Å². The fraction of sp³-hybridized carbons (Fsp3) is 0.571. The smallest absolute Gasteiger partial charge is 0.123 e. The maximum Gasteiger partial charge on any atom is 0.123 e. The second kappa shape index (κ2) is 5.44. The van der Waals surface area contributed by atoms with Crippen LogP contribution in [0.4, 0.5) is 4.39 Å². The molecule has 1 aliphatic carbocycles. The molecule has 0 amide bonds. The molecule has 0 aromatic heterocycles. The predicted molar refractivity (Wildman–Crippen MR) is 64.9 cm³/mol. The summed E-state index contributed by atoms with van der Waals surface area (Å²) in [7, 11) is 0. The number of hydrogen-bond donors (Lipinski definition) is 1. The van der Waals surface area contributed by atoms with Crippen LogP contribution in [0, 0.1) is 11.7 Å². The lowest BCUT2D eigenvalue weighted by Crippen LogP contribution is -2.32. The van der Waals surface area contributed by atoms with Gasteiger partial charge in [0, 0.05) is 6.04 Å². The van der Waals surface area contributed by atoms with Crippen molar-refractivity contribution in [3.63, 3.8) is 0 Å². The third kappa shape index (κ3) is 3.05. The first kappa shape index (κ1) is 11.6. The van der Waals surface area contributed by atoms with E-state index in [1.165, 1.54) is 25.3 Å². The molecule has 0 radical (unpaired) electrons. The van der Waals surface area contributed by atoms with Gasteiger partial charge in [-0.25, -0.2) is 4.39 Å². The maximum absolute atomic E-state index is 12.9. The molecule has 0 aliphatic heterocycles. The lowest BCUT2D eigenvalue weighted by molar-refractivity contribution is 0.430. The molecule has 0 heterocycles. The van der Waals surface area contributed by atoms with Gasteiger partial charge in [-0.1, -0.05) is 25.5 Å². The van der Waals surface area contributed by atoms with E-state index in [1.54, 1.807) is 12.1 Å². The van der Waals surface area contributed by atoms with Crippen molar-refractivity contribution in [2.45, 2.75) is 38.6 Å². The van der Waals surface area contributed by atoms with Crippen LogP contribution >= 0.6 is 0 Å². The zero-order valence-corrected chi connectivity index (χ0v) is 9.88. The zero-order chi connectivity index (χ0) is 11.4. The van der Waals surface area contributed by atoms with Gasteiger partial charge in [0.05, 0.1) is 0 Å². The van der Waals surface area contributed by atoms with E-state index in [2.05, 4.69) is 12.2 Å². The quantitative estimate of drug-likeness (QED) is 0.823. The molecule has 0 spiro atoms. The van der Waals surface area contributed by atoms with Crippen molar-refractivity contribution in [3.05, 3.63) is 35.6 Å². The van der Waals surface area contributed by atoms with Gasteiger partial charge in [-0.15, -0.1) is 0 Å². The Morgan fingerprint density at radius 2 is 2.25 bits per heavy atom. The molecule has 1 N–H and O–H groups in total. The Balaban J connectivity index is 1.75. The molecule has 1 aromatic carbocycles. The summed E-state index contributed by atoms with van der Waals surface area (Å²) in [6, 6.07) is 7.56. The third-order valence-electron chi connectivity index (χ3n) is 3.57. The van der Waals surface area contributed by atoms with Crippen LogP contribution in [0.2, 0.25) is 0 Å². The molecule has 1 aromatic rings. The van der Waals surface area contributed by atoms with Crippen molar-refractivity contribution in [2.24, 2.45) is 5.92 Å². The van der Waals surface area contributed by atoms with Gasteiger partial charge in [-0.2, -0.15) is 0 Å². The van der Waals surface area contributed by atoms with Gasteiger partial charge >= 0.3 is 0 Å². The fourth-order valence-electron chi connectivity index (χ4n) is 2.54. The van der Waals surface area contributed by atoms with Crippen molar-refractivity contribution in [1.82, 2.24) is 5.32 Å². The van der Waals surface area contributed by atoms with E-state index in [9.17, 15) is 4.39 Å². The topological polar surface area (TPSA) is 12.0 Å². The van der Waals surface area contributed by atoms with Gasteiger partial charge in [0.2, 0.25) is 0 Å². The molecule has 2 unspecified atom stereocenters. The number of nitrogens with one attached hydrogen (secondary N) is 1. The van der Waals surface area contributed by atoms with Crippen LogP contribution in [0.25, 0.3) is 0 Å². The molecule has 16 heavy (non-hydrogen) atoms. The highest BCUT2D eigenvalue weighted by Gasteiger charge is 2.21. The zero-order valence-electron chi connectivity index (χ0n) is 9.88. The van der Waals surface area contributed by atoms with Gasteiger partial charge in [0.25, 0.3) is 0 Å². The van der Waals surface area contributed by atoms with Crippen LogP contribution in [0.5, 0.6) is 0 Å². The minimum atomic E-state index is -0.133. The van der Waals surface area contributed by atoms with Gasteiger partial charge in [-0.05, 0) is 49.4 Å². The van der Waals surface area contributed by atoms with Crippen LogP contribution in [-0.2, 0) is 6.42 Å². The second-order valence-electron chi connectivity index (χ2n) is 4.85. The van der Waals surface area contributed by atoms with Crippen molar-refractivity contribution in [2.75, 3.05) is 6.54 Å². The molecule has 1 nitrogen and oxygen atoms in total. The Morgan fingerprint density at radius 1 is 1.38 bits per heavy atom. The summed E-state index contributed by atoms with van der Waals surface area (Å²) >= 11 is 0. The first-order valence-electron chi connectivity index (χ1n) is 6.23. The predicted octanol–water partition coefficient (Wildman–Crippen LogP) is 3.15. The van der Waals surface area contributed by atoms with E-state index in [1.807, 2.05) is 6.07 Å². The van der Waals surface area contributed by atoms with Crippen molar-refractivity contribution in [3.8, 4) is 0 Å². The van der Waals surface area contributed by atoms with Crippen molar-refractivity contribution in [1.29, 1.82) is 0 Å². The van der Waals surface area contributed by atoms with E-state index >= 15 is 0 Å². The standard InChI is InChI=1S/C14H20FN/c1-11-4-2-7-14(11)16-9-8-12-5-3-6-13(15)10-12/h3,5-6,10-11,14,16H,2,4,7-9H2,1H3. The molecule has 1 fully saturated rings. The summed E-state index contributed by atoms with van der Waals surface area (Å²) in [5.74, 6) is 0.666. The normalized spacial score (nSPS) is 24.9. The van der Waals surface area contributed by atoms with Gasteiger partial charge in [-0.3, -0.25) is 0 Å². The molecule has 2 atom stereocenters. The molecule has 2 rings (SSSR count). The van der Waals surface area contributed by atoms with E-state index in [0.717, 1.165) is 24.4 Å². The third-order valence-corrected chi connectivity index (χ3v) is 3.57. The summed E-state index contributed by atoms with van der Waals surface area (Å²) < 4.78 is 12.9. The molecular formula is C14H20FN. The second-order valence-corrected chi connectivity index (χ2v) is 4.85. The highest BCUT2D eigenvalue weighted by atomic mass is 19.1. The summed E-state index contributed by atoms with van der Waals surface area (Å²) in [6.07, 6.45) is 4.90. The van der Waals surface area contributed by atoms with Crippen LogP contribution < -0.4 is 5.32 Å². The molecule has 88 valence electrons. The highest BCUT2D eigenvalue weighted by Crippen LogP contribution is 2.24. The summed E-state index contributed by atoms with van der Waals surface area (Å²) in [4.78, 5) is 0. The molecule has 0 saturated heterocycles. The highest BCUT2D eigenvalue weighted by molar-refractivity contribution is 5.16. The Hall–Kier alpha value is -0.890. The summed E-state index contributed by atoms with van der Waals surface area (Å²) in [6.45, 7) is 3.27. The largest absolute Gasteiger partial charge is 0.313 e. The molecule has 0 bridgehead atoms. The monoisotopic (exact) mass is 221 g/mol. The molecule has 1 aliphatic rings. The van der Waals surface area contributed by atoms with Gasteiger partial charge < -0.3 is 5.32 Å². The molecule has 1 saturated carbocycles. The average Bonchev–Trinajstić information content (AvgIpc) is 2.65.